The summed E-state index contributed by atoms with van der Waals surface area (Å²) in [5.41, 5.74) is 1.06. The minimum absolute atomic E-state index is 1.06. The van der Waals surface area contributed by atoms with Crippen LogP contribution in [-0.4, -0.2) is 22.5 Å². The van der Waals surface area contributed by atoms with Crippen LogP contribution in [0.1, 0.15) is 0 Å². The number of halogens is 2. The van der Waals surface area contributed by atoms with Crippen LogP contribution in [0.4, 0.5) is 8.78 Å². The van der Waals surface area contributed by atoms with Crippen molar-refractivity contribution in [3.63, 3.8) is 0 Å². The molecule has 5 heteroatoms. The Morgan fingerprint density at radius 2 is 1.75 bits per heavy atom. The normalized spacial score (nSPS) is 9.69. The maximum Gasteiger partial charge on any atom is 0.371 e. The molecule has 3 nitrogen and oxygen atoms in total. The monoisotopic (exact) mass is 225 g/mol. The maximum atomic E-state index is 10.6. The van der Waals surface area contributed by atoms with Crippen molar-refractivity contribution in [3.8, 4) is 0 Å². The fourth-order valence-corrected chi connectivity index (χ4v) is 1.02. The van der Waals surface area contributed by atoms with Gasteiger partial charge in [-0.25, -0.2) is 4.79 Å². The van der Waals surface area contributed by atoms with E-state index in [1.54, 1.807) is 0 Å². The highest BCUT2D eigenvalue weighted by Gasteiger charge is 2.10. The van der Waals surface area contributed by atoms with Crippen LogP contribution < -0.4 is 0 Å². The van der Waals surface area contributed by atoms with Crippen LogP contribution in [0.5, 0.6) is 0 Å². The van der Waals surface area contributed by atoms with E-state index in [2.05, 4.69) is 17.1 Å². The van der Waals surface area contributed by atoms with E-state index in [4.69, 9.17) is 9.90 Å². The third-order valence-electron chi connectivity index (χ3n) is 1.70. The topological polar surface area (TPSA) is 50.2 Å². The zero-order valence-corrected chi connectivity index (χ0v) is 8.18. The summed E-state index contributed by atoms with van der Waals surface area (Å²) in [5, 5.41) is 8.44. The van der Waals surface area contributed by atoms with Gasteiger partial charge in [0.2, 0.25) is 0 Å². The summed E-state index contributed by atoms with van der Waals surface area (Å²) in [4.78, 5) is 13.1. The molecule has 0 atom stereocenters. The van der Waals surface area contributed by atoms with Crippen LogP contribution in [0.15, 0.2) is 42.6 Å². The molecule has 0 saturated heterocycles. The number of rotatable bonds is 1. The van der Waals surface area contributed by atoms with E-state index in [1.165, 1.54) is 5.39 Å². The molecule has 0 amide bonds. The van der Waals surface area contributed by atoms with Gasteiger partial charge in [0.05, 0.1) is 5.52 Å². The molecule has 0 spiro atoms. The number of benzene rings is 1. The Balaban J connectivity index is 0.000000187. The minimum Gasteiger partial charge on any atom is -0.477 e. The van der Waals surface area contributed by atoms with E-state index in [1.807, 2.05) is 30.5 Å². The van der Waals surface area contributed by atoms with E-state index in [0.29, 0.717) is 0 Å². The van der Waals surface area contributed by atoms with E-state index in [9.17, 15) is 8.78 Å². The summed E-state index contributed by atoms with van der Waals surface area (Å²) in [5.74, 6) is -2.07. The molecule has 1 N–H and O–H groups in total. The molecule has 0 aliphatic carbocycles. The summed E-state index contributed by atoms with van der Waals surface area (Å²) in [6, 6.07) is 12.1. The largest absolute Gasteiger partial charge is 0.477 e. The van der Waals surface area contributed by atoms with E-state index >= 15 is 0 Å². The third-order valence-corrected chi connectivity index (χ3v) is 1.70. The summed E-state index contributed by atoms with van der Waals surface area (Å²) in [6.45, 7) is 0. The van der Waals surface area contributed by atoms with Crippen LogP contribution in [0, 0.1) is 0 Å². The number of carboxylic acids is 1. The van der Waals surface area contributed by atoms with Crippen LogP contribution in [-0.2, 0) is 4.79 Å². The predicted molar refractivity (Wildman–Crippen MR) is 55.4 cm³/mol. The fraction of sp³-hybridized carbons (Fsp3) is 0.0909. The van der Waals surface area contributed by atoms with Gasteiger partial charge in [-0.3, -0.25) is 4.98 Å². The molecule has 84 valence electrons. The molecule has 1 aromatic heterocycles. The summed E-state index contributed by atoms with van der Waals surface area (Å²) >= 11 is 0. The van der Waals surface area contributed by atoms with Gasteiger partial charge in [-0.05, 0) is 12.1 Å². The van der Waals surface area contributed by atoms with Gasteiger partial charge in [0.15, 0.2) is 0 Å². The molecule has 0 fully saturated rings. The van der Waals surface area contributed by atoms with Gasteiger partial charge in [0.25, 0.3) is 0 Å². The second kappa shape index (κ2) is 5.75. The number of alkyl halides is 2. The molecule has 1 heterocycles. The number of pyridine rings is 1. The van der Waals surface area contributed by atoms with Crippen LogP contribution >= 0.6 is 0 Å². The van der Waals surface area contributed by atoms with Gasteiger partial charge in [-0.15, -0.1) is 0 Å². The summed E-state index contributed by atoms with van der Waals surface area (Å²) in [6.07, 6.45) is -1.42. The van der Waals surface area contributed by atoms with Crippen molar-refractivity contribution in [1.82, 2.24) is 4.98 Å². The second-order valence-corrected chi connectivity index (χ2v) is 2.84. The Morgan fingerprint density at radius 3 is 2.31 bits per heavy atom. The highest BCUT2D eigenvalue weighted by Crippen LogP contribution is 2.07. The van der Waals surface area contributed by atoms with Gasteiger partial charge in [-0.1, -0.05) is 24.3 Å². The lowest BCUT2D eigenvalue weighted by molar-refractivity contribution is -0.149. The number of aromatic nitrogens is 1. The Morgan fingerprint density at radius 1 is 1.19 bits per heavy atom. The molecule has 2 aromatic rings. The highest BCUT2D eigenvalue weighted by atomic mass is 19.3. The zero-order valence-electron chi connectivity index (χ0n) is 8.18. The molecule has 16 heavy (non-hydrogen) atoms. The quantitative estimate of drug-likeness (QED) is 0.811. The Hall–Kier alpha value is -2.04. The first kappa shape index (κ1) is 12.0. The summed E-state index contributed by atoms with van der Waals surface area (Å²) in [7, 11) is 0. The first-order chi connectivity index (χ1) is 7.61. The van der Waals surface area contributed by atoms with Crippen molar-refractivity contribution in [1.29, 1.82) is 0 Å². The van der Waals surface area contributed by atoms with Gasteiger partial charge >= 0.3 is 12.4 Å². The lowest BCUT2D eigenvalue weighted by atomic mass is 10.2. The highest BCUT2D eigenvalue weighted by molar-refractivity contribution is 5.77. The Bertz CT molecular complexity index is 409. The predicted octanol–water partition coefficient (Wildman–Crippen LogP) is 2.57. The molecular weight excluding hydrogens is 216 g/mol. The fourth-order valence-electron chi connectivity index (χ4n) is 1.02. The number of para-hydroxylation sites is 1. The molecule has 2 rings (SSSR count). The van der Waals surface area contributed by atoms with Crippen molar-refractivity contribution in [2.45, 2.75) is 6.43 Å². The lowest BCUT2D eigenvalue weighted by Gasteiger charge is -1.91. The molecule has 0 aliphatic rings. The van der Waals surface area contributed by atoms with Crippen molar-refractivity contribution in [3.05, 3.63) is 42.6 Å². The average molecular weight is 225 g/mol. The second-order valence-electron chi connectivity index (χ2n) is 2.84. The first-order valence-corrected chi connectivity index (χ1v) is 4.42. The number of aliphatic carboxylic acids is 1. The van der Waals surface area contributed by atoms with Gasteiger partial charge < -0.3 is 5.11 Å². The average Bonchev–Trinajstić information content (AvgIpc) is 2.30. The molecule has 0 aliphatic heterocycles. The number of carboxylic acid groups (broad SMARTS) is 1. The number of carbonyl (C=O) groups is 1. The van der Waals surface area contributed by atoms with Crippen molar-refractivity contribution in [2.24, 2.45) is 0 Å². The Labute approximate surface area is 90.4 Å². The van der Waals surface area contributed by atoms with Crippen molar-refractivity contribution >= 4 is 16.9 Å². The number of nitrogens with zero attached hydrogens (tertiary/aromatic N) is 1. The van der Waals surface area contributed by atoms with E-state index in [0.717, 1.165) is 5.52 Å². The molecule has 0 unspecified atom stereocenters. The van der Waals surface area contributed by atoms with Crippen molar-refractivity contribution in [2.75, 3.05) is 0 Å². The van der Waals surface area contributed by atoms with Gasteiger partial charge in [-0.2, -0.15) is 8.78 Å². The number of hydrogen-bond donors (Lipinski definition) is 1. The first-order valence-electron chi connectivity index (χ1n) is 4.42. The number of fused-ring (bicyclic) bond motifs is 1. The van der Waals surface area contributed by atoms with E-state index in [-0.39, 0.29) is 0 Å². The third kappa shape index (κ3) is 3.61. The van der Waals surface area contributed by atoms with Gasteiger partial charge in [0, 0.05) is 11.6 Å². The van der Waals surface area contributed by atoms with Crippen LogP contribution in [0.3, 0.4) is 0 Å². The molecule has 0 bridgehead atoms. The smallest absolute Gasteiger partial charge is 0.371 e. The molecule has 0 saturated carbocycles. The lowest BCUT2D eigenvalue weighted by Crippen LogP contribution is -2.06. The number of hydrogen-bond acceptors (Lipinski definition) is 2. The van der Waals surface area contributed by atoms with Crippen LogP contribution in [0.25, 0.3) is 10.9 Å². The minimum atomic E-state index is -3.23. The maximum absolute atomic E-state index is 10.6. The zero-order chi connectivity index (χ0) is 12.0. The van der Waals surface area contributed by atoms with Gasteiger partial charge in [0.1, 0.15) is 0 Å². The van der Waals surface area contributed by atoms with Crippen LogP contribution in [0.2, 0.25) is 0 Å². The molecule has 1 aromatic carbocycles. The molecular formula is C11H9F2NO2. The summed E-state index contributed by atoms with van der Waals surface area (Å²) < 4.78 is 21.1. The molecule has 0 radical (unpaired) electrons. The standard InChI is InChI=1S/C9H7N.C2H2F2O2/c1-2-6-9-8(4-1)5-3-7-10-9;3-1(4)2(5)6/h1-7H;1H,(H,5,6). The van der Waals surface area contributed by atoms with Crippen molar-refractivity contribution < 1.29 is 18.7 Å². The Kier molecular flexibility index (Phi) is 4.32. The SMILES string of the molecule is O=C(O)C(F)F.c1ccc2ncccc2c1. The van der Waals surface area contributed by atoms with E-state index < -0.39 is 12.4 Å².